The van der Waals surface area contributed by atoms with Crippen molar-refractivity contribution in [3.8, 4) is 0 Å². The summed E-state index contributed by atoms with van der Waals surface area (Å²) < 4.78 is 0. The van der Waals surface area contributed by atoms with E-state index in [9.17, 15) is 9.59 Å². The molecule has 26 heavy (non-hydrogen) atoms. The van der Waals surface area contributed by atoms with E-state index in [1.807, 2.05) is 16.0 Å². The van der Waals surface area contributed by atoms with Gasteiger partial charge in [-0.05, 0) is 25.7 Å². The van der Waals surface area contributed by atoms with Gasteiger partial charge in [0, 0.05) is 63.1 Å². The SMILES string of the molecule is CC(=O)N1CCC(c2ncc3c(n2)CCN(C(=O)C2CCCC2)C3)CC1. The van der Waals surface area contributed by atoms with Crippen LogP contribution >= 0.6 is 0 Å². The Balaban J connectivity index is 1.41. The molecule has 2 amide bonds. The molecule has 2 fully saturated rings. The lowest BCUT2D eigenvalue weighted by Gasteiger charge is -2.32. The third kappa shape index (κ3) is 3.46. The van der Waals surface area contributed by atoms with Gasteiger partial charge >= 0.3 is 0 Å². The van der Waals surface area contributed by atoms with Crippen molar-refractivity contribution < 1.29 is 9.59 Å². The quantitative estimate of drug-likeness (QED) is 0.815. The molecule has 1 aromatic heterocycles. The lowest BCUT2D eigenvalue weighted by Crippen LogP contribution is -2.40. The Labute approximate surface area is 155 Å². The van der Waals surface area contributed by atoms with Gasteiger partial charge in [0.15, 0.2) is 0 Å². The lowest BCUT2D eigenvalue weighted by molar-refractivity contribution is -0.136. The van der Waals surface area contributed by atoms with Crippen LogP contribution in [0, 0.1) is 5.92 Å². The van der Waals surface area contributed by atoms with E-state index in [4.69, 9.17) is 4.98 Å². The number of fused-ring (bicyclic) bond motifs is 1. The summed E-state index contributed by atoms with van der Waals surface area (Å²) in [5.41, 5.74) is 2.21. The number of hydrogen-bond acceptors (Lipinski definition) is 4. The van der Waals surface area contributed by atoms with Crippen molar-refractivity contribution in [3.63, 3.8) is 0 Å². The minimum absolute atomic E-state index is 0.154. The van der Waals surface area contributed by atoms with Crippen LogP contribution in [0.4, 0.5) is 0 Å². The van der Waals surface area contributed by atoms with Gasteiger partial charge in [-0.25, -0.2) is 9.97 Å². The predicted octanol–water partition coefficient (Wildman–Crippen LogP) is 2.28. The fourth-order valence-electron chi connectivity index (χ4n) is 4.60. The van der Waals surface area contributed by atoms with Gasteiger partial charge in [0.25, 0.3) is 0 Å². The number of rotatable bonds is 2. The number of amides is 2. The molecule has 140 valence electrons. The maximum Gasteiger partial charge on any atom is 0.225 e. The Bertz CT molecular complexity index is 691. The van der Waals surface area contributed by atoms with Crippen LogP contribution in [0.1, 0.15) is 68.4 Å². The van der Waals surface area contributed by atoms with Gasteiger partial charge in [-0.2, -0.15) is 0 Å². The number of carbonyl (C=O) groups is 2. The highest BCUT2D eigenvalue weighted by molar-refractivity contribution is 5.79. The normalized spacial score (nSPS) is 21.7. The third-order valence-corrected chi connectivity index (χ3v) is 6.27. The Hall–Kier alpha value is -1.98. The highest BCUT2D eigenvalue weighted by Crippen LogP contribution is 2.30. The van der Waals surface area contributed by atoms with Crippen LogP contribution in [0.5, 0.6) is 0 Å². The van der Waals surface area contributed by atoms with Gasteiger partial charge in [0.05, 0.1) is 5.69 Å². The van der Waals surface area contributed by atoms with Gasteiger partial charge in [-0.15, -0.1) is 0 Å². The predicted molar refractivity (Wildman–Crippen MR) is 97.3 cm³/mol. The van der Waals surface area contributed by atoms with Crippen molar-refractivity contribution in [2.24, 2.45) is 5.92 Å². The van der Waals surface area contributed by atoms with Gasteiger partial charge < -0.3 is 9.80 Å². The molecular formula is C20H28N4O2. The lowest BCUT2D eigenvalue weighted by atomic mass is 9.95. The zero-order valence-corrected chi connectivity index (χ0v) is 15.6. The molecule has 1 saturated carbocycles. The summed E-state index contributed by atoms with van der Waals surface area (Å²) in [6.07, 6.45) is 9.12. The Kier molecular flexibility index (Phi) is 4.92. The summed E-state index contributed by atoms with van der Waals surface area (Å²) in [5.74, 6) is 1.98. The van der Waals surface area contributed by atoms with Gasteiger partial charge in [-0.1, -0.05) is 12.8 Å². The molecule has 6 heteroatoms. The largest absolute Gasteiger partial charge is 0.343 e. The van der Waals surface area contributed by atoms with Crippen LogP contribution in [0.25, 0.3) is 0 Å². The van der Waals surface area contributed by atoms with Crippen LogP contribution in [-0.2, 0) is 22.6 Å². The number of carbonyl (C=O) groups excluding carboxylic acids is 2. The highest BCUT2D eigenvalue weighted by atomic mass is 16.2. The smallest absolute Gasteiger partial charge is 0.225 e. The third-order valence-electron chi connectivity index (χ3n) is 6.27. The van der Waals surface area contributed by atoms with E-state index >= 15 is 0 Å². The molecule has 1 aromatic rings. The maximum atomic E-state index is 12.7. The van der Waals surface area contributed by atoms with Crippen molar-refractivity contribution >= 4 is 11.8 Å². The second kappa shape index (κ2) is 7.33. The molecule has 1 aliphatic carbocycles. The Morgan fingerprint density at radius 3 is 2.46 bits per heavy atom. The molecule has 1 saturated heterocycles. The highest BCUT2D eigenvalue weighted by Gasteiger charge is 2.31. The van der Waals surface area contributed by atoms with E-state index in [1.165, 1.54) is 12.8 Å². The summed E-state index contributed by atoms with van der Waals surface area (Å²) >= 11 is 0. The molecule has 0 N–H and O–H groups in total. The molecule has 3 heterocycles. The van der Waals surface area contributed by atoms with Gasteiger partial charge in [0.1, 0.15) is 5.82 Å². The summed E-state index contributed by atoms with van der Waals surface area (Å²) in [7, 11) is 0. The molecule has 4 rings (SSSR count). The van der Waals surface area contributed by atoms with Crippen LogP contribution < -0.4 is 0 Å². The fraction of sp³-hybridized carbons (Fsp3) is 0.700. The van der Waals surface area contributed by atoms with E-state index in [-0.39, 0.29) is 11.8 Å². The average Bonchev–Trinajstić information content (AvgIpc) is 3.21. The van der Waals surface area contributed by atoms with Crippen molar-refractivity contribution in [2.45, 2.75) is 64.3 Å². The zero-order chi connectivity index (χ0) is 18.1. The first-order valence-corrected chi connectivity index (χ1v) is 10.0. The van der Waals surface area contributed by atoms with Crippen LogP contribution in [0.15, 0.2) is 6.20 Å². The minimum atomic E-state index is 0.154. The first-order valence-electron chi connectivity index (χ1n) is 10.0. The molecule has 0 bridgehead atoms. The van der Waals surface area contributed by atoms with Crippen molar-refractivity contribution in [2.75, 3.05) is 19.6 Å². The van der Waals surface area contributed by atoms with Crippen LogP contribution in [0.2, 0.25) is 0 Å². The molecular weight excluding hydrogens is 328 g/mol. The molecule has 0 unspecified atom stereocenters. The number of nitrogens with zero attached hydrogens (tertiary/aromatic N) is 4. The summed E-state index contributed by atoms with van der Waals surface area (Å²) in [4.78, 5) is 37.5. The summed E-state index contributed by atoms with van der Waals surface area (Å²) in [5, 5.41) is 0. The monoisotopic (exact) mass is 356 g/mol. The first kappa shape index (κ1) is 17.4. The van der Waals surface area contributed by atoms with Gasteiger partial charge in [-0.3, -0.25) is 9.59 Å². The maximum absolute atomic E-state index is 12.7. The van der Waals surface area contributed by atoms with E-state index < -0.39 is 0 Å². The Morgan fingerprint density at radius 1 is 1.04 bits per heavy atom. The molecule has 3 aliphatic rings. The number of likely N-dealkylation sites (tertiary alicyclic amines) is 1. The molecule has 0 atom stereocenters. The molecule has 0 aromatic carbocycles. The molecule has 6 nitrogen and oxygen atoms in total. The van der Waals surface area contributed by atoms with E-state index in [1.54, 1.807) is 6.92 Å². The zero-order valence-electron chi connectivity index (χ0n) is 15.6. The second-order valence-electron chi connectivity index (χ2n) is 7.97. The van der Waals surface area contributed by atoms with Crippen molar-refractivity contribution in [1.82, 2.24) is 19.8 Å². The average molecular weight is 356 g/mol. The summed E-state index contributed by atoms with van der Waals surface area (Å²) in [6.45, 7) is 4.66. The van der Waals surface area contributed by atoms with Crippen molar-refractivity contribution in [3.05, 3.63) is 23.3 Å². The van der Waals surface area contributed by atoms with Crippen LogP contribution in [0.3, 0.4) is 0 Å². The standard InChI is InChI=1S/C20H28N4O2/c1-14(25)23-9-6-15(7-10-23)19-21-12-17-13-24(11-8-18(17)22-19)20(26)16-4-2-3-5-16/h12,15-16H,2-11,13H2,1H3. The molecule has 0 spiro atoms. The minimum Gasteiger partial charge on any atom is -0.343 e. The first-order chi connectivity index (χ1) is 12.6. The number of aromatic nitrogens is 2. The topological polar surface area (TPSA) is 66.4 Å². The van der Waals surface area contributed by atoms with Crippen LogP contribution in [-0.4, -0.2) is 51.2 Å². The van der Waals surface area contributed by atoms with Gasteiger partial charge in [0.2, 0.25) is 11.8 Å². The van der Waals surface area contributed by atoms with E-state index in [2.05, 4.69) is 4.98 Å². The van der Waals surface area contributed by atoms with E-state index in [0.717, 1.165) is 68.8 Å². The fourth-order valence-corrected chi connectivity index (χ4v) is 4.60. The Morgan fingerprint density at radius 2 is 1.77 bits per heavy atom. The van der Waals surface area contributed by atoms with Crippen molar-refractivity contribution in [1.29, 1.82) is 0 Å². The number of hydrogen-bond donors (Lipinski definition) is 0. The number of piperidine rings is 1. The molecule has 0 radical (unpaired) electrons. The molecule has 2 aliphatic heterocycles. The summed E-state index contributed by atoms with van der Waals surface area (Å²) in [6, 6.07) is 0. The second-order valence-corrected chi connectivity index (χ2v) is 7.97. The van der Waals surface area contributed by atoms with E-state index in [0.29, 0.717) is 18.4 Å².